The van der Waals surface area contributed by atoms with Gasteiger partial charge in [0.05, 0.1) is 32.9 Å². The Morgan fingerprint density at radius 2 is 2.00 bits per heavy atom. The van der Waals surface area contributed by atoms with E-state index in [0.717, 1.165) is 37.0 Å². The molecule has 2 fully saturated rings. The van der Waals surface area contributed by atoms with Crippen molar-refractivity contribution in [1.29, 1.82) is 0 Å². The van der Waals surface area contributed by atoms with E-state index < -0.39 is 0 Å². The number of esters is 1. The summed E-state index contributed by atoms with van der Waals surface area (Å²) in [4.78, 5) is 16.0. The van der Waals surface area contributed by atoms with Crippen LogP contribution in [0.3, 0.4) is 0 Å². The molecule has 0 bridgehead atoms. The molecule has 2 aliphatic rings. The van der Waals surface area contributed by atoms with Crippen LogP contribution in [0, 0.1) is 23.6 Å². The minimum atomic E-state index is -0.274. The number of aromatic nitrogens is 1. The lowest BCUT2D eigenvalue weighted by Gasteiger charge is -2.35. The van der Waals surface area contributed by atoms with Gasteiger partial charge in [0.1, 0.15) is 11.6 Å². The molecule has 2 unspecified atom stereocenters. The molecule has 1 heterocycles. The van der Waals surface area contributed by atoms with Gasteiger partial charge in [0, 0.05) is 6.07 Å². The van der Waals surface area contributed by atoms with Gasteiger partial charge in [0.25, 0.3) is 0 Å². The predicted octanol–water partition coefficient (Wildman–Crippen LogP) is 5.10. The van der Waals surface area contributed by atoms with Gasteiger partial charge in [-0.25, -0.2) is 9.37 Å². The quantitative estimate of drug-likeness (QED) is 0.521. The van der Waals surface area contributed by atoms with Crippen molar-refractivity contribution in [2.24, 2.45) is 17.8 Å². The van der Waals surface area contributed by atoms with Gasteiger partial charge >= 0.3 is 5.97 Å². The summed E-state index contributed by atoms with van der Waals surface area (Å²) in [6.45, 7) is 2.55. The molecule has 2 aromatic rings. The standard InChI is InChI=1S/C25H30FNO4/c1-15(25(28)30-3)24(17-7-8-17)18-5-4-6-20(11-18)31-14-16-9-19(10-16)21-12-23(29-2)27-13-22(21)26/h4-6,11-13,15-17,19,24H,7-10,14H2,1-3H3. The highest BCUT2D eigenvalue weighted by molar-refractivity contribution is 5.73. The number of carbonyl (C=O) groups excluding carboxylic acids is 1. The van der Waals surface area contributed by atoms with Gasteiger partial charge in [-0.2, -0.15) is 0 Å². The molecule has 31 heavy (non-hydrogen) atoms. The number of ether oxygens (including phenoxy) is 3. The Morgan fingerprint density at radius 3 is 2.68 bits per heavy atom. The van der Waals surface area contributed by atoms with Crippen LogP contribution in [0.2, 0.25) is 0 Å². The third-order valence-corrected chi connectivity index (χ3v) is 6.71. The summed E-state index contributed by atoms with van der Waals surface area (Å²) in [5, 5.41) is 0. The summed E-state index contributed by atoms with van der Waals surface area (Å²) in [6.07, 6.45) is 5.30. The zero-order chi connectivity index (χ0) is 22.0. The number of carbonyl (C=O) groups is 1. The maximum absolute atomic E-state index is 14.1. The van der Waals surface area contributed by atoms with E-state index in [2.05, 4.69) is 17.1 Å². The lowest BCUT2D eigenvalue weighted by atomic mass is 9.72. The summed E-state index contributed by atoms with van der Waals surface area (Å²) in [5.74, 6) is 1.91. The minimum absolute atomic E-state index is 0.161. The Labute approximate surface area is 182 Å². The van der Waals surface area contributed by atoms with Crippen LogP contribution in [0.25, 0.3) is 0 Å². The summed E-state index contributed by atoms with van der Waals surface area (Å²) < 4.78 is 30.3. The Morgan fingerprint density at radius 1 is 1.23 bits per heavy atom. The van der Waals surface area contributed by atoms with Crippen LogP contribution >= 0.6 is 0 Å². The molecule has 6 heteroatoms. The Hall–Kier alpha value is -2.63. The van der Waals surface area contributed by atoms with E-state index in [4.69, 9.17) is 14.2 Å². The van der Waals surface area contributed by atoms with Crippen LogP contribution in [0.1, 0.15) is 55.6 Å². The molecule has 0 amide bonds. The molecule has 0 radical (unpaired) electrons. The molecule has 4 rings (SSSR count). The fraction of sp³-hybridized carbons (Fsp3) is 0.520. The van der Waals surface area contributed by atoms with Crippen molar-refractivity contribution in [3.05, 3.63) is 53.5 Å². The number of rotatable bonds is 9. The molecule has 1 aromatic heterocycles. The lowest BCUT2D eigenvalue weighted by Crippen LogP contribution is -2.28. The van der Waals surface area contributed by atoms with Gasteiger partial charge in [-0.1, -0.05) is 19.1 Å². The first-order valence-electron chi connectivity index (χ1n) is 11.0. The van der Waals surface area contributed by atoms with Gasteiger partial charge in [-0.15, -0.1) is 0 Å². The monoisotopic (exact) mass is 427 g/mol. The van der Waals surface area contributed by atoms with Crippen LogP contribution < -0.4 is 9.47 Å². The van der Waals surface area contributed by atoms with Gasteiger partial charge in [-0.3, -0.25) is 4.79 Å². The van der Waals surface area contributed by atoms with E-state index in [9.17, 15) is 9.18 Å². The molecular weight excluding hydrogens is 397 g/mol. The van der Waals surface area contributed by atoms with Crippen LogP contribution in [0.4, 0.5) is 4.39 Å². The summed E-state index contributed by atoms with van der Waals surface area (Å²) >= 11 is 0. The van der Waals surface area contributed by atoms with E-state index in [0.29, 0.717) is 29.9 Å². The second-order valence-electron chi connectivity index (χ2n) is 8.84. The Bertz CT molecular complexity index is 923. The molecule has 0 N–H and O–H groups in total. The van der Waals surface area contributed by atoms with Gasteiger partial charge < -0.3 is 14.2 Å². The number of nitrogens with zero attached hydrogens (tertiary/aromatic N) is 1. The van der Waals surface area contributed by atoms with E-state index in [1.54, 1.807) is 6.07 Å². The summed E-state index contributed by atoms with van der Waals surface area (Å²) in [6, 6.07) is 9.79. The van der Waals surface area contributed by atoms with Crippen LogP contribution in [0.5, 0.6) is 11.6 Å². The van der Waals surface area contributed by atoms with E-state index in [1.807, 2.05) is 19.1 Å². The maximum atomic E-state index is 14.1. The number of hydrogen-bond acceptors (Lipinski definition) is 5. The lowest BCUT2D eigenvalue weighted by molar-refractivity contribution is -0.145. The number of halogens is 1. The van der Waals surface area contributed by atoms with Crippen molar-refractivity contribution in [3.8, 4) is 11.6 Å². The van der Waals surface area contributed by atoms with Crippen molar-refractivity contribution in [1.82, 2.24) is 4.98 Å². The van der Waals surface area contributed by atoms with Crippen LogP contribution in [-0.4, -0.2) is 31.8 Å². The second kappa shape index (κ2) is 9.25. The smallest absolute Gasteiger partial charge is 0.309 e. The summed E-state index contributed by atoms with van der Waals surface area (Å²) in [7, 11) is 2.98. The molecule has 0 saturated heterocycles. The molecule has 2 aliphatic carbocycles. The first kappa shape index (κ1) is 21.6. The highest BCUT2D eigenvalue weighted by Crippen LogP contribution is 2.47. The second-order valence-corrected chi connectivity index (χ2v) is 8.84. The number of benzene rings is 1. The molecule has 0 aliphatic heterocycles. The van der Waals surface area contributed by atoms with Gasteiger partial charge in [-0.05, 0) is 72.6 Å². The van der Waals surface area contributed by atoms with Crippen molar-refractivity contribution in [2.75, 3.05) is 20.8 Å². The van der Waals surface area contributed by atoms with Crippen molar-refractivity contribution >= 4 is 5.97 Å². The number of pyridine rings is 1. The normalized spacial score (nSPS) is 22.2. The highest BCUT2D eigenvalue weighted by Gasteiger charge is 2.39. The molecule has 0 spiro atoms. The molecule has 2 saturated carbocycles. The fourth-order valence-corrected chi connectivity index (χ4v) is 4.77. The van der Waals surface area contributed by atoms with Crippen LogP contribution in [0.15, 0.2) is 36.5 Å². The maximum Gasteiger partial charge on any atom is 0.309 e. The van der Waals surface area contributed by atoms with Crippen LogP contribution in [-0.2, 0) is 9.53 Å². The third-order valence-electron chi connectivity index (χ3n) is 6.71. The minimum Gasteiger partial charge on any atom is -0.493 e. The molecule has 5 nitrogen and oxygen atoms in total. The van der Waals surface area contributed by atoms with E-state index in [1.165, 1.54) is 20.4 Å². The van der Waals surface area contributed by atoms with Crippen molar-refractivity contribution in [2.45, 2.75) is 44.4 Å². The highest BCUT2D eigenvalue weighted by atomic mass is 19.1. The largest absolute Gasteiger partial charge is 0.493 e. The van der Waals surface area contributed by atoms with Gasteiger partial charge in [0.15, 0.2) is 0 Å². The van der Waals surface area contributed by atoms with E-state index >= 15 is 0 Å². The summed E-state index contributed by atoms with van der Waals surface area (Å²) in [5.41, 5.74) is 1.81. The average molecular weight is 428 g/mol. The molecule has 2 atom stereocenters. The average Bonchev–Trinajstić information content (AvgIpc) is 3.58. The zero-order valence-corrected chi connectivity index (χ0v) is 18.3. The third kappa shape index (κ3) is 4.83. The molecular formula is C25H30FNO4. The predicted molar refractivity (Wildman–Crippen MR) is 115 cm³/mol. The number of methoxy groups -OCH3 is 2. The van der Waals surface area contributed by atoms with E-state index in [-0.39, 0.29) is 29.5 Å². The SMILES string of the molecule is COC(=O)C(C)C(c1cccc(OCC2CC(c3cc(OC)ncc3F)C2)c1)C1CC1. The molecule has 1 aromatic carbocycles. The topological polar surface area (TPSA) is 57.7 Å². The Balaban J connectivity index is 1.35. The first-order chi connectivity index (χ1) is 15.0. The number of hydrogen-bond donors (Lipinski definition) is 0. The zero-order valence-electron chi connectivity index (χ0n) is 18.3. The van der Waals surface area contributed by atoms with Crippen molar-refractivity contribution < 1.29 is 23.4 Å². The van der Waals surface area contributed by atoms with Crippen molar-refractivity contribution in [3.63, 3.8) is 0 Å². The first-order valence-corrected chi connectivity index (χ1v) is 11.0. The Kier molecular flexibility index (Phi) is 6.44. The van der Waals surface area contributed by atoms with Gasteiger partial charge in [0.2, 0.25) is 5.88 Å². The fourth-order valence-electron chi connectivity index (χ4n) is 4.77. The molecule has 166 valence electrons.